The van der Waals surface area contributed by atoms with Crippen molar-refractivity contribution in [2.24, 2.45) is 11.7 Å². The van der Waals surface area contributed by atoms with Crippen LogP contribution in [0.25, 0.3) is 0 Å². The van der Waals surface area contributed by atoms with Crippen LogP contribution in [0.3, 0.4) is 0 Å². The van der Waals surface area contributed by atoms with Crippen LogP contribution in [0.15, 0.2) is 12.1 Å². The van der Waals surface area contributed by atoms with Crippen molar-refractivity contribution in [3.8, 4) is 17.2 Å². The highest BCUT2D eigenvalue weighted by molar-refractivity contribution is 5.95. The van der Waals surface area contributed by atoms with E-state index in [1.54, 1.807) is 12.1 Å². The zero-order valence-corrected chi connectivity index (χ0v) is 13.6. The topological polar surface area (TPSA) is 74.0 Å². The first-order chi connectivity index (χ1) is 10.5. The fourth-order valence-corrected chi connectivity index (χ4v) is 2.79. The van der Waals surface area contributed by atoms with Gasteiger partial charge in [0.1, 0.15) is 0 Å². The summed E-state index contributed by atoms with van der Waals surface area (Å²) >= 11 is 0. The SMILES string of the molecule is COc1cc(C(=O)N2CCC(C(C)N)C2)cc(OC)c1OC. The third-order valence-electron chi connectivity index (χ3n) is 4.17. The van der Waals surface area contributed by atoms with E-state index in [-0.39, 0.29) is 11.9 Å². The van der Waals surface area contributed by atoms with Gasteiger partial charge in [-0.15, -0.1) is 0 Å². The summed E-state index contributed by atoms with van der Waals surface area (Å²) in [6.45, 7) is 3.40. The van der Waals surface area contributed by atoms with Crippen LogP contribution in [0.1, 0.15) is 23.7 Å². The van der Waals surface area contributed by atoms with Gasteiger partial charge in [0, 0.05) is 24.7 Å². The number of carbonyl (C=O) groups is 1. The summed E-state index contributed by atoms with van der Waals surface area (Å²) in [6.07, 6.45) is 0.938. The molecule has 1 aromatic rings. The zero-order chi connectivity index (χ0) is 16.3. The maximum Gasteiger partial charge on any atom is 0.254 e. The third-order valence-corrected chi connectivity index (χ3v) is 4.17. The third kappa shape index (κ3) is 3.11. The molecule has 122 valence electrons. The number of carbonyl (C=O) groups excluding carboxylic acids is 1. The van der Waals surface area contributed by atoms with E-state index in [0.717, 1.165) is 13.0 Å². The smallest absolute Gasteiger partial charge is 0.254 e. The Kier molecular flexibility index (Phi) is 5.13. The van der Waals surface area contributed by atoms with Crippen LogP contribution in [0, 0.1) is 5.92 Å². The number of rotatable bonds is 5. The molecule has 0 spiro atoms. The molecular weight excluding hydrogens is 284 g/mol. The maximum atomic E-state index is 12.7. The number of nitrogens with zero attached hydrogens (tertiary/aromatic N) is 1. The number of hydrogen-bond acceptors (Lipinski definition) is 5. The summed E-state index contributed by atoms with van der Waals surface area (Å²) in [7, 11) is 4.61. The summed E-state index contributed by atoms with van der Waals surface area (Å²) < 4.78 is 15.9. The van der Waals surface area contributed by atoms with E-state index >= 15 is 0 Å². The number of likely N-dealkylation sites (tertiary alicyclic amines) is 1. The molecule has 22 heavy (non-hydrogen) atoms. The van der Waals surface area contributed by atoms with E-state index in [4.69, 9.17) is 19.9 Å². The predicted molar refractivity (Wildman–Crippen MR) is 83.8 cm³/mol. The van der Waals surface area contributed by atoms with Crippen LogP contribution in [0.4, 0.5) is 0 Å². The van der Waals surface area contributed by atoms with Crippen molar-refractivity contribution in [1.82, 2.24) is 4.90 Å². The second-order valence-corrected chi connectivity index (χ2v) is 5.57. The molecule has 1 saturated heterocycles. The molecule has 2 rings (SSSR count). The van der Waals surface area contributed by atoms with Gasteiger partial charge in [-0.25, -0.2) is 0 Å². The van der Waals surface area contributed by atoms with E-state index in [2.05, 4.69) is 0 Å². The molecule has 2 atom stereocenters. The maximum absolute atomic E-state index is 12.7. The van der Waals surface area contributed by atoms with Gasteiger partial charge in [0.05, 0.1) is 21.3 Å². The number of hydrogen-bond donors (Lipinski definition) is 1. The molecule has 1 aliphatic heterocycles. The van der Waals surface area contributed by atoms with E-state index in [9.17, 15) is 4.79 Å². The van der Waals surface area contributed by atoms with Gasteiger partial charge in [-0.05, 0) is 31.4 Å². The lowest BCUT2D eigenvalue weighted by molar-refractivity contribution is 0.0785. The Hall–Kier alpha value is -1.95. The monoisotopic (exact) mass is 308 g/mol. The lowest BCUT2D eigenvalue weighted by Gasteiger charge is -2.20. The van der Waals surface area contributed by atoms with Crippen molar-refractivity contribution in [2.75, 3.05) is 34.4 Å². The number of nitrogens with two attached hydrogens (primary N) is 1. The molecule has 1 aromatic carbocycles. The molecule has 1 heterocycles. The van der Waals surface area contributed by atoms with Gasteiger partial charge in [0.2, 0.25) is 5.75 Å². The molecule has 6 nitrogen and oxygen atoms in total. The standard InChI is InChI=1S/C16H24N2O4/c1-10(17)11-5-6-18(9-11)16(19)12-7-13(20-2)15(22-4)14(8-12)21-3/h7-8,10-11H,5-6,9,17H2,1-4H3. The minimum absolute atomic E-state index is 0.0394. The van der Waals surface area contributed by atoms with Crippen LogP contribution in [-0.4, -0.2) is 51.3 Å². The van der Waals surface area contributed by atoms with E-state index in [1.165, 1.54) is 21.3 Å². The van der Waals surface area contributed by atoms with Gasteiger partial charge in [-0.2, -0.15) is 0 Å². The highest BCUT2D eigenvalue weighted by atomic mass is 16.5. The van der Waals surface area contributed by atoms with Crippen molar-refractivity contribution >= 4 is 5.91 Å². The molecule has 2 N–H and O–H groups in total. The fourth-order valence-electron chi connectivity index (χ4n) is 2.79. The summed E-state index contributed by atoms with van der Waals surface area (Å²) in [6, 6.07) is 3.46. The Balaban J connectivity index is 2.27. The second kappa shape index (κ2) is 6.87. The molecule has 0 aliphatic carbocycles. The molecule has 2 unspecified atom stereocenters. The molecule has 0 radical (unpaired) electrons. The molecule has 1 amide bonds. The summed E-state index contributed by atoms with van der Waals surface area (Å²) in [5, 5.41) is 0. The van der Waals surface area contributed by atoms with Gasteiger partial charge in [-0.3, -0.25) is 4.79 Å². The highest BCUT2D eigenvalue weighted by Gasteiger charge is 2.30. The molecule has 1 aliphatic rings. The molecule has 6 heteroatoms. The lowest BCUT2D eigenvalue weighted by atomic mass is 10.0. The largest absolute Gasteiger partial charge is 0.493 e. The summed E-state index contributed by atoms with van der Waals surface area (Å²) in [4.78, 5) is 14.5. The first kappa shape index (κ1) is 16.4. The normalized spacial score (nSPS) is 19.0. The Bertz CT molecular complexity index is 520. The van der Waals surface area contributed by atoms with Crippen molar-refractivity contribution in [1.29, 1.82) is 0 Å². The van der Waals surface area contributed by atoms with Crippen LogP contribution in [0.2, 0.25) is 0 Å². The van der Waals surface area contributed by atoms with Gasteiger partial charge in [-0.1, -0.05) is 0 Å². The molecule has 1 fully saturated rings. The number of benzene rings is 1. The number of ether oxygens (including phenoxy) is 3. The predicted octanol–water partition coefficient (Wildman–Crippen LogP) is 1.52. The van der Waals surface area contributed by atoms with Gasteiger partial charge < -0.3 is 24.8 Å². The molecule has 0 bridgehead atoms. The second-order valence-electron chi connectivity index (χ2n) is 5.57. The molecule has 0 aromatic heterocycles. The number of amides is 1. The van der Waals surface area contributed by atoms with E-state index < -0.39 is 0 Å². The minimum atomic E-state index is -0.0394. The van der Waals surface area contributed by atoms with Crippen molar-refractivity contribution in [2.45, 2.75) is 19.4 Å². The van der Waals surface area contributed by atoms with Crippen LogP contribution in [0.5, 0.6) is 17.2 Å². The highest BCUT2D eigenvalue weighted by Crippen LogP contribution is 2.38. The van der Waals surface area contributed by atoms with Crippen molar-refractivity contribution in [3.05, 3.63) is 17.7 Å². The Labute approximate surface area is 131 Å². The van der Waals surface area contributed by atoms with E-state index in [0.29, 0.717) is 35.3 Å². The van der Waals surface area contributed by atoms with Crippen molar-refractivity contribution in [3.63, 3.8) is 0 Å². The minimum Gasteiger partial charge on any atom is -0.493 e. The van der Waals surface area contributed by atoms with Gasteiger partial charge in [0.25, 0.3) is 5.91 Å². The quantitative estimate of drug-likeness (QED) is 0.893. The Morgan fingerprint density at radius 1 is 1.23 bits per heavy atom. The van der Waals surface area contributed by atoms with Crippen molar-refractivity contribution < 1.29 is 19.0 Å². The zero-order valence-electron chi connectivity index (χ0n) is 13.6. The van der Waals surface area contributed by atoms with Gasteiger partial charge in [0.15, 0.2) is 11.5 Å². The van der Waals surface area contributed by atoms with E-state index in [1.807, 2.05) is 11.8 Å². The average Bonchev–Trinajstić information content (AvgIpc) is 3.02. The summed E-state index contributed by atoms with van der Waals surface area (Å²) in [5.41, 5.74) is 6.46. The van der Waals surface area contributed by atoms with Crippen LogP contribution in [-0.2, 0) is 0 Å². The number of methoxy groups -OCH3 is 3. The first-order valence-corrected chi connectivity index (χ1v) is 7.36. The summed E-state index contributed by atoms with van der Waals surface area (Å²) in [5.74, 6) is 1.76. The Morgan fingerprint density at radius 2 is 1.82 bits per heavy atom. The van der Waals surface area contributed by atoms with Crippen LogP contribution >= 0.6 is 0 Å². The average molecular weight is 308 g/mol. The molecular formula is C16H24N2O4. The van der Waals surface area contributed by atoms with Crippen LogP contribution < -0.4 is 19.9 Å². The Morgan fingerprint density at radius 3 is 2.23 bits per heavy atom. The molecule has 0 saturated carbocycles. The first-order valence-electron chi connectivity index (χ1n) is 7.36. The lowest BCUT2D eigenvalue weighted by Crippen LogP contribution is -2.33. The van der Waals surface area contributed by atoms with Gasteiger partial charge >= 0.3 is 0 Å². The fraction of sp³-hybridized carbons (Fsp3) is 0.562.